The van der Waals surface area contributed by atoms with Gasteiger partial charge in [-0.1, -0.05) is 18.2 Å². The summed E-state index contributed by atoms with van der Waals surface area (Å²) in [5.41, 5.74) is 2.02. The number of hydrogen-bond acceptors (Lipinski definition) is 3. The number of rotatable bonds is 3. The molecule has 0 saturated heterocycles. The van der Waals surface area contributed by atoms with Crippen LogP contribution in [0.3, 0.4) is 0 Å². The lowest BCUT2D eigenvalue weighted by atomic mass is 10.2. The summed E-state index contributed by atoms with van der Waals surface area (Å²) in [5, 5.41) is 4.48. The Balaban J connectivity index is 1.81. The monoisotopic (exact) mass is 238 g/mol. The zero-order chi connectivity index (χ0) is 12.4. The van der Waals surface area contributed by atoms with Crippen LogP contribution in [0.4, 0.5) is 5.69 Å². The molecule has 1 aromatic carbocycles. The Morgan fingerprint density at radius 2 is 2.11 bits per heavy atom. The Bertz CT molecular complexity index is 672. The fraction of sp³-hybridized carbons (Fsp3) is 0.143. The van der Waals surface area contributed by atoms with Crippen molar-refractivity contribution in [1.29, 1.82) is 0 Å². The van der Waals surface area contributed by atoms with Crippen LogP contribution in [0.5, 0.6) is 0 Å². The van der Waals surface area contributed by atoms with Crippen LogP contribution < -0.4 is 5.32 Å². The van der Waals surface area contributed by atoms with Crippen LogP contribution in [0.15, 0.2) is 48.9 Å². The van der Waals surface area contributed by atoms with E-state index in [1.165, 1.54) is 0 Å². The SMILES string of the molecule is Cn1ccnc1CNc1cnc2ccccc2c1. The molecule has 3 aromatic rings. The lowest BCUT2D eigenvalue weighted by Gasteiger charge is -2.07. The number of anilines is 1. The normalized spacial score (nSPS) is 10.7. The molecule has 0 radical (unpaired) electrons. The molecule has 0 unspecified atom stereocenters. The quantitative estimate of drug-likeness (QED) is 0.762. The van der Waals surface area contributed by atoms with Crippen LogP contribution >= 0.6 is 0 Å². The molecule has 4 heteroatoms. The molecular weight excluding hydrogens is 224 g/mol. The van der Waals surface area contributed by atoms with E-state index in [1.54, 1.807) is 6.20 Å². The van der Waals surface area contributed by atoms with Crippen molar-refractivity contribution in [2.24, 2.45) is 7.05 Å². The summed E-state index contributed by atoms with van der Waals surface area (Å²) in [4.78, 5) is 8.69. The van der Waals surface area contributed by atoms with Gasteiger partial charge < -0.3 is 9.88 Å². The van der Waals surface area contributed by atoms with Gasteiger partial charge in [0.1, 0.15) is 5.82 Å². The van der Waals surface area contributed by atoms with Gasteiger partial charge in [0.25, 0.3) is 0 Å². The lowest BCUT2D eigenvalue weighted by Crippen LogP contribution is -2.05. The molecule has 3 rings (SSSR count). The molecule has 0 bridgehead atoms. The lowest BCUT2D eigenvalue weighted by molar-refractivity contribution is 0.813. The highest BCUT2D eigenvalue weighted by atomic mass is 15.1. The van der Waals surface area contributed by atoms with Crippen molar-refractivity contribution in [2.75, 3.05) is 5.32 Å². The molecule has 1 N–H and O–H groups in total. The Hall–Kier alpha value is -2.36. The summed E-state index contributed by atoms with van der Waals surface area (Å²) in [6.07, 6.45) is 5.59. The molecule has 0 saturated carbocycles. The van der Waals surface area contributed by atoms with Crippen molar-refractivity contribution in [2.45, 2.75) is 6.54 Å². The number of para-hydroxylation sites is 1. The van der Waals surface area contributed by atoms with Crippen molar-refractivity contribution < 1.29 is 0 Å². The van der Waals surface area contributed by atoms with E-state index in [0.717, 1.165) is 22.4 Å². The molecule has 2 aromatic heterocycles. The van der Waals surface area contributed by atoms with E-state index >= 15 is 0 Å². The molecule has 0 amide bonds. The first-order valence-corrected chi connectivity index (χ1v) is 5.88. The summed E-state index contributed by atoms with van der Waals surface area (Å²) < 4.78 is 2.00. The minimum Gasteiger partial charge on any atom is -0.377 e. The van der Waals surface area contributed by atoms with Crippen molar-refractivity contribution in [3.8, 4) is 0 Å². The molecule has 0 aliphatic rings. The van der Waals surface area contributed by atoms with Crippen LogP contribution in [0.1, 0.15) is 5.82 Å². The number of aromatic nitrogens is 3. The predicted molar refractivity (Wildman–Crippen MR) is 72.3 cm³/mol. The molecule has 0 spiro atoms. The van der Waals surface area contributed by atoms with E-state index in [2.05, 4.69) is 27.4 Å². The fourth-order valence-electron chi connectivity index (χ4n) is 1.92. The second kappa shape index (κ2) is 4.49. The van der Waals surface area contributed by atoms with E-state index in [9.17, 15) is 0 Å². The first-order chi connectivity index (χ1) is 8.83. The van der Waals surface area contributed by atoms with E-state index in [1.807, 2.05) is 42.2 Å². The van der Waals surface area contributed by atoms with Gasteiger partial charge in [-0.05, 0) is 12.1 Å². The van der Waals surface area contributed by atoms with Crippen LogP contribution in [0, 0.1) is 0 Å². The minimum absolute atomic E-state index is 0.698. The average molecular weight is 238 g/mol. The van der Waals surface area contributed by atoms with Crippen molar-refractivity contribution in [3.05, 3.63) is 54.7 Å². The standard InChI is InChI=1S/C14H14N4/c1-18-7-6-15-14(18)10-16-12-8-11-4-2-3-5-13(11)17-9-12/h2-9,16H,10H2,1H3. The highest BCUT2D eigenvalue weighted by molar-refractivity contribution is 5.81. The molecular formula is C14H14N4. The summed E-state index contributed by atoms with van der Waals surface area (Å²) in [6.45, 7) is 0.698. The van der Waals surface area contributed by atoms with Crippen LogP contribution in [-0.2, 0) is 13.6 Å². The van der Waals surface area contributed by atoms with Crippen LogP contribution in [-0.4, -0.2) is 14.5 Å². The number of nitrogens with zero attached hydrogens (tertiary/aromatic N) is 3. The Labute approximate surface area is 105 Å². The van der Waals surface area contributed by atoms with E-state index in [4.69, 9.17) is 0 Å². The number of benzene rings is 1. The molecule has 4 nitrogen and oxygen atoms in total. The Kier molecular flexibility index (Phi) is 2.68. The summed E-state index contributed by atoms with van der Waals surface area (Å²) >= 11 is 0. The van der Waals surface area contributed by atoms with Crippen LogP contribution in [0.25, 0.3) is 10.9 Å². The van der Waals surface area contributed by atoms with Gasteiger partial charge in [-0.2, -0.15) is 0 Å². The first-order valence-electron chi connectivity index (χ1n) is 5.88. The molecule has 18 heavy (non-hydrogen) atoms. The highest BCUT2D eigenvalue weighted by Gasteiger charge is 2.00. The summed E-state index contributed by atoms with van der Waals surface area (Å²) in [6, 6.07) is 10.2. The van der Waals surface area contributed by atoms with Gasteiger partial charge in [0, 0.05) is 24.8 Å². The fourth-order valence-corrected chi connectivity index (χ4v) is 1.92. The number of fused-ring (bicyclic) bond motifs is 1. The number of pyridine rings is 1. The van der Waals surface area contributed by atoms with Crippen molar-refractivity contribution in [3.63, 3.8) is 0 Å². The molecule has 90 valence electrons. The van der Waals surface area contributed by atoms with Gasteiger partial charge in [0.05, 0.1) is 23.9 Å². The Morgan fingerprint density at radius 1 is 1.22 bits per heavy atom. The molecule has 2 heterocycles. The van der Waals surface area contributed by atoms with Gasteiger partial charge in [-0.3, -0.25) is 4.98 Å². The van der Waals surface area contributed by atoms with Gasteiger partial charge in [-0.25, -0.2) is 4.98 Å². The van der Waals surface area contributed by atoms with Gasteiger partial charge in [-0.15, -0.1) is 0 Å². The first kappa shape index (κ1) is 10.8. The second-order valence-electron chi connectivity index (χ2n) is 4.22. The van der Waals surface area contributed by atoms with E-state index in [-0.39, 0.29) is 0 Å². The maximum atomic E-state index is 4.41. The Morgan fingerprint density at radius 3 is 2.94 bits per heavy atom. The minimum atomic E-state index is 0.698. The van der Waals surface area contributed by atoms with Gasteiger partial charge >= 0.3 is 0 Å². The zero-order valence-corrected chi connectivity index (χ0v) is 10.2. The maximum absolute atomic E-state index is 4.41. The van der Waals surface area contributed by atoms with Crippen molar-refractivity contribution >= 4 is 16.6 Å². The molecule has 0 aliphatic carbocycles. The topological polar surface area (TPSA) is 42.7 Å². The predicted octanol–water partition coefficient (Wildman–Crippen LogP) is 2.58. The molecule has 0 atom stereocenters. The third-order valence-electron chi connectivity index (χ3n) is 2.96. The number of aryl methyl sites for hydroxylation is 1. The van der Waals surface area contributed by atoms with Crippen molar-refractivity contribution in [1.82, 2.24) is 14.5 Å². The number of imidazole rings is 1. The highest BCUT2D eigenvalue weighted by Crippen LogP contribution is 2.16. The molecule has 0 fully saturated rings. The van der Waals surface area contributed by atoms with Gasteiger partial charge in [0.2, 0.25) is 0 Å². The van der Waals surface area contributed by atoms with Crippen LogP contribution in [0.2, 0.25) is 0 Å². The largest absolute Gasteiger partial charge is 0.377 e. The summed E-state index contributed by atoms with van der Waals surface area (Å²) in [7, 11) is 1.99. The average Bonchev–Trinajstić information content (AvgIpc) is 2.82. The van der Waals surface area contributed by atoms with Gasteiger partial charge in [0.15, 0.2) is 0 Å². The smallest absolute Gasteiger partial charge is 0.127 e. The zero-order valence-electron chi connectivity index (χ0n) is 10.2. The second-order valence-corrected chi connectivity index (χ2v) is 4.22. The third kappa shape index (κ3) is 2.05. The number of nitrogens with one attached hydrogen (secondary N) is 1. The number of hydrogen-bond donors (Lipinski definition) is 1. The molecule has 0 aliphatic heterocycles. The van der Waals surface area contributed by atoms with E-state index < -0.39 is 0 Å². The third-order valence-corrected chi connectivity index (χ3v) is 2.96. The summed E-state index contributed by atoms with van der Waals surface area (Å²) in [5.74, 6) is 1.00. The maximum Gasteiger partial charge on any atom is 0.127 e. The van der Waals surface area contributed by atoms with E-state index in [0.29, 0.717) is 6.54 Å².